The Labute approximate surface area is 105 Å². The molecule has 2 rings (SSSR count). The molecule has 94 valence electrons. The Morgan fingerprint density at radius 1 is 1.35 bits per heavy atom. The van der Waals surface area contributed by atoms with E-state index in [2.05, 4.69) is 16.8 Å². The number of thiophene rings is 1. The van der Waals surface area contributed by atoms with E-state index in [1.165, 1.54) is 17.8 Å². The molecule has 2 heterocycles. The van der Waals surface area contributed by atoms with Crippen molar-refractivity contribution in [3.63, 3.8) is 0 Å². The maximum absolute atomic E-state index is 10.6. The van der Waals surface area contributed by atoms with E-state index < -0.39 is 0 Å². The van der Waals surface area contributed by atoms with Gasteiger partial charge in [0.2, 0.25) is 0 Å². The third-order valence-corrected chi connectivity index (χ3v) is 4.04. The molecule has 0 aromatic carbocycles. The Hall–Kier alpha value is -0.980. The minimum atomic E-state index is -0.315. The zero-order valence-electron chi connectivity index (χ0n) is 9.96. The van der Waals surface area contributed by atoms with Crippen LogP contribution in [0.4, 0.5) is 5.00 Å². The molecule has 1 saturated heterocycles. The predicted octanol–water partition coefficient (Wildman–Crippen LogP) is 1.79. The first-order valence-electron chi connectivity index (χ1n) is 5.79. The summed E-state index contributed by atoms with van der Waals surface area (Å²) in [6.07, 6.45) is 1.17. The van der Waals surface area contributed by atoms with E-state index in [4.69, 9.17) is 0 Å². The highest BCUT2D eigenvalue weighted by molar-refractivity contribution is 7.15. The van der Waals surface area contributed by atoms with Gasteiger partial charge in [-0.1, -0.05) is 11.3 Å². The minimum absolute atomic E-state index is 0.243. The SMILES string of the molecule is CN1CCCN(Cc2ccc([N+](=O)[O-])s2)CC1. The molecule has 0 N–H and O–H groups in total. The zero-order chi connectivity index (χ0) is 12.3. The quantitative estimate of drug-likeness (QED) is 0.610. The topological polar surface area (TPSA) is 49.6 Å². The molecule has 1 aliphatic heterocycles. The van der Waals surface area contributed by atoms with Gasteiger partial charge in [0.05, 0.1) is 4.92 Å². The lowest BCUT2D eigenvalue weighted by molar-refractivity contribution is -0.380. The van der Waals surface area contributed by atoms with Gasteiger partial charge in [0.15, 0.2) is 0 Å². The second-order valence-corrected chi connectivity index (χ2v) is 5.58. The van der Waals surface area contributed by atoms with E-state index in [0.717, 1.165) is 37.6 Å². The fourth-order valence-electron chi connectivity index (χ4n) is 2.03. The normalized spacial score (nSPS) is 19.1. The van der Waals surface area contributed by atoms with Gasteiger partial charge in [0.1, 0.15) is 0 Å². The lowest BCUT2D eigenvalue weighted by atomic mass is 10.3. The molecule has 1 aromatic heterocycles. The maximum atomic E-state index is 10.6. The number of rotatable bonds is 3. The highest BCUT2D eigenvalue weighted by Crippen LogP contribution is 2.25. The summed E-state index contributed by atoms with van der Waals surface area (Å²) in [5.74, 6) is 0. The van der Waals surface area contributed by atoms with Crippen LogP contribution in [0.15, 0.2) is 12.1 Å². The Balaban J connectivity index is 1.93. The van der Waals surface area contributed by atoms with Crippen LogP contribution in [0.3, 0.4) is 0 Å². The van der Waals surface area contributed by atoms with Crippen molar-refractivity contribution in [1.29, 1.82) is 0 Å². The van der Waals surface area contributed by atoms with E-state index in [0.29, 0.717) is 0 Å². The molecule has 0 radical (unpaired) electrons. The van der Waals surface area contributed by atoms with Gasteiger partial charge in [0, 0.05) is 30.6 Å². The van der Waals surface area contributed by atoms with Gasteiger partial charge in [-0.25, -0.2) is 0 Å². The van der Waals surface area contributed by atoms with Gasteiger partial charge in [-0.3, -0.25) is 15.0 Å². The van der Waals surface area contributed by atoms with Crippen molar-refractivity contribution in [2.24, 2.45) is 0 Å². The first-order chi connectivity index (χ1) is 8.15. The van der Waals surface area contributed by atoms with Gasteiger partial charge in [-0.05, 0) is 32.6 Å². The first kappa shape index (κ1) is 12.5. The van der Waals surface area contributed by atoms with Gasteiger partial charge >= 0.3 is 5.00 Å². The van der Waals surface area contributed by atoms with Crippen LogP contribution in [0.1, 0.15) is 11.3 Å². The van der Waals surface area contributed by atoms with Crippen molar-refractivity contribution in [3.8, 4) is 0 Å². The third kappa shape index (κ3) is 3.49. The molecule has 6 heteroatoms. The van der Waals surface area contributed by atoms with Crippen molar-refractivity contribution in [3.05, 3.63) is 27.1 Å². The van der Waals surface area contributed by atoms with E-state index in [1.54, 1.807) is 6.07 Å². The first-order valence-corrected chi connectivity index (χ1v) is 6.61. The van der Waals surface area contributed by atoms with Gasteiger partial charge < -0.3 is 4.90 Å². The van der Waals surface area contributed by atoms with Crippen molar-refractivity contribution in [1.82, 2.24) is 9.80 Å². The molecule has 0 spiro atoms. The molecule has 0 saturated carbocycles. The van der Waals surface area contributed by atoms with Crippen LogP contribution in [0.25, 0.3) is 0 Å². The summed E-state index contributed by atoms with van der Waals surface area (Å²) in [5.41, 5.74) is 0. The van der Waals surface area contributed by atoms with Crippen molar-refractivity contribution >= 4 is 16.3 Å². The molecule has 1 fully saturated rings. The van der Waals surface area contributed by atoms with Gasteiger partial charge in [-0.15, -0.1) is 0 Å². The fraction of sp³-hybridized carbons (Fsp3) is 0.636. The average Bonchev–Trinajstić information content (AvgIpc) is 2.65. The van der Waals surface area contributed by atoms with Crippen molar-refractivity contribution in [2.75, 3.05) is 33.2 Å². The van der Waals surface area contributed by atoms with E-state index in [9.17, 15) is 10.1 Å². The molecule has 0 bridgehead atoms. The van der Waals surface area contributed by atoms with Crippen LogP contribution in [0.2, 0.25) is 0 Å². The van der Waals surface area contributed by atoms with E-state index in [-0.39, 0.29) is 9.92 Å². The van der Waals surface area contributed by atoms with E-state index >= 15 is 0 Å². The molecule has 1 aromatic rings. The summed E-state index contributed by atoms with van der Waals surface area (Å²) in [4.78, 5) is 16.1. The van der Waals surface area contributed by atoms with Crippen LogP contribution in [0, 0.1) is 10.1 Å². The third-order valence-electron chi connectivity index (χ3n) is 3.02. The Morgan fingerprint density at radius 3 is 2.88 bits per heavy atom. The number of likely N-dealkylation sites (N-methyl/N-ethyl adjacent to an activating group) is 1. The van der Waals surface area contributed by atoms with E-state index in [1.807, 2.05) is 6.07 Å². The molecular weight excluding hydrogens is 238 g/mol. The largest absolute Gasteiger partial charge is 0.324 e. The Bertz CT molecular complexity index is 394. The molecule has 17 heavy (non-hydrogen) atoms. The summed E-state index contributed by atoms with van der Waals surface area (Å²) >= 11 is 1.29. The monoisotopic (exact) mass is 255 g/mol. The van der Waals surface area contributed by atoms with Crippen LogP contribution < -0.4 is 0 Å². The number of hydrogen-bond donors (Lipinski definition) is 0. The zero-order valence-corrected chi connectivity index (χ0v) is 10.8. The van der Waals surface area contributed by atoms with Crippen LogP contribution >= 0.6 is 11.3 Å². The van der Waals surface area contributed by atoms with Crippen molar-refractivity contribution < 1.29 is 4.92 Å². The number of hydrogen-bond acceptors (Lipinski definition) is 5. The summed E-state index contributed by atoms with van der Waals surface area (Å²) in [6.45, 7) is 5.18. The smallest absolute Gasteiger partial charge is 0.305 e. The van der Waals surface area contributed by atoms with Crippen LogP contribution in [0.5, 0.6) is 0 Å². The molecule has 0 atom stereocenters. The summed E-state index contributed by atoms with van der Waals surface area (Å²) < 4.78 is 0. The summed E-state index contributed by atoms with van der Waals surface area (Å²) in [6, 6.07) is 3.47. The fourth-order valence-corrected chi connectivity index (χ4v) is 2.89. The van der Waals surface area contributed by atoms with Crippen LogP contribution in [-0.2, 0) is 6.54 Å². The van der Waals surface area contributed by atoms with Gasteiger partial charge in [-0.2, -0.15) is 0 Å². The predicted molar refractivity (Wildman–Crippen MR) is 68.4 cm³/mol. The summed E-state index contributed by atoms with van der Waals surface area (Å²) in [7, 11) is 2.14. The molecule has 1 aliphatic rings. The Morgan fingerprint density at radius 2 is 2.18 bits per heavy atom. The van der Waals surface area contributed by atoms with Gasteiger partial charge in [0.25, 0.3) is 0 Å². The molecule has 0 unspecified atom stereocenters. The lowest BCUT2D eigenvalue weighted by Gasteiger charge is -2.18. The maximum Gasteiger partial charge on any atom is 0.324 e. The number of nitrogens with zero attached hydrogens (tertiary/aromatic N) is 3. The Kier molecular flexibility index (Phi) is 4.09. The van der Waals surface area contributed by atoms with Crippen molar-refractivity contribution in [2.45, 2.75) is 13.0 Å². The average molecular weight is 255 g/mol. The second-order valence-electron chi connectivity index (χ2n) is 4.43. The summed E-state index contributed by atoms with van der Waals surface area (Å²) in [5, 5.41) is 10.8. The standard InChI is InChI=1S/C11H17N3O2S/c1-12-5-2-6-13(8-7-12)9-10-3-4-11(17-10)14(15)16/h3-4H,2,5-9H2,1H3. The highest BCUT2D eigenvalue weighted by atomic mass is 32.1. The molecule has 0 aliphatic carbocycles. The molecular formula is C11H17N3O2S. The lowest BCUT2D eigenvalue weighted by Crippen LogP contribution is -2.28. The molecule has 0 amide bonds. The number of nitro groups is 1. The van der Waals surface area contributed by atoms with Crippen LogP contribution in [-0.4, -0.2) is 47.9 Å². The highest BCUT2D eigenvalue weighted by Gasteiger charge is 2.15. The second kappa shape index (κ2) is 5.57. The molecule has 5 nitrogen and oxygen atoms in total. The minimum Gasteiger partial charge on any atom is -0.305 e.